The number of hydrogen-bond donors (Lipinski definition) is 0. The molecular formula is C20H21NO3S. The van der Waals surface area contributed by atoms with Crippen LogP contribution < -0.4 is 0 Å². The average molecular weight is 355 g/mol. The number of amides is 1. The van der Waals surface area contributed by atoms with Gasteiger partial charge in [-0.25, -0.2) is 8.42 Å². The molecule has 5 heteroatoms. The summed E-state index contributed by atoms with van der Waals surface area (Å²) in [6.45, 7) is 0. The van der Waals surface area contributed by atoms with Crippen LogP contribution >= 0.6 is 0 Å². The highest BCUT2D eigenvalue weighted by atomic mass is 32.2. The zero-order valence-corrected chi connectivity index (χ0v) is 14.8. The van der Waals surface area contributed by atoms with E-state index in [0.717, 1.165) is 24.0 Å². The Morgan fingerprint density at radius 1 is 0.840 bits per heavy atom. The molecule has 4 nitrogen and oxygen atoms in total. The SMILES string of the molecule is O=C(c1ccc(-c2ccccc2)cc1)N(C1CC1)C1CCS(=O)(=O)C1. The standard InChI is InChI=1S/C20H21NO3S/c22-20(21(18-10-11-18)19-12-13-25(23,24)14-19)17-8-6-16(7-9-17)15-4-2-1-3-5-15/h1-9,18-19H,10-14H2. The molecule has 1 saturated heterocycles. The van der Waals surface area contributed by atoms with Crippen LogP contribution in [0.5, 0.6) is 0 Å². The molecule has 0 bridgehead atoms. The third kappa shape index (κ3) is 3.47. The van der Waals surface area contributed by atoms with Gasteiger partial charge in [0.2, 0.25) is 0 Å². The Morgan fingerprint density at radius 2 is 1.48 bits per heavy atom. The van der Waals surface area contributed by atoms with Gasteiger partial charge in [-0.1, -0.05) is 42.5 Å². The van der Waals surface area contributed by atoms with E-state index in [0.29, 0.717) is 12.0 Å². The number of hydrogen-bond acceptors (Lipinski definition) is 3. The Morgan fingerprint density at radius 3 is 2.04 bits per heavy atom. The molecule has 2 aromatic rings. The smallest absolute Gasteiger partial charge is 0.254 e. The molecule has 0 N–H and O–H groups in total. The minimum atomic E-state index is -3.00. The topological polar surface area (TPSA) is 54.5 Å². The van der Waals surface area contributed by atoms with Crippen molar-refractivity contribution >= 4 is 15.7 Å². The van der Waals surface area contributed by atoms with E-state index in [1.807, 2.05) is 59.5 Å². The van der Waals surface area contributed by atoms with Gasteiger partial charge in [-0.3, -0.25) is 4.79 Å². The molecule has 25 heavy (non-hydrogen) atoms. The Bertz CT molecular complexity index is 871. The lowest BCUT2D eigenvalue weighted by molar-refractivity contribution is 0.0681. The third-order valence-electron chi connectivity index (χ3n) is 5.02. The highest BCUT2D eigenvalue weighted by molar-refractivity contribution is 7.91. The Kier molecular flexibility index (Phi) is 4.12. The van der Waals surface area contributed by atoms with Crippen LogP contribution in [0.25, 0.3) is 11.1 Å². The predicted molar refractivity (Wildman–Crippen MR) is 98.1 cm³/mol. The number of carbonyl (C=O) groups excluding carboxylic acids is 1. The van der Waals surface area contributed by atoms with Crippen LogP contribution in [0.1, 0.15) is 29.6 Å². The molecular weight excluding hydrogens is 334 g/mol. The summed E-state index contributed by atoms with van der Waals surface area (Å²) in [4.78, 5) is 14.8. The molecule has 130 valence electrons. The first-order chi connectivity index (χ1) is 12.0. The predicted octanol–water partition coefficient (Wildman–Crippen LogP) is 3.15. The van der Waals surface area contributed by atoms with E-state index < -0.39 is 9.84 Å². The van der Waals surface area contributed by atoms with E-state index in [1.54, 1.807) is 0 Å². The normalized spacial score (nSPS) is 21.8. The summed E-state index contributed by atoms with van der Waals surface area (Å²) in [6.07, 6.45) is 2.52. The van der Waals surface area contributed by atoms with Gasteiger partial charge >= 0.3 is 0 Å². The first kappa shape index (κ1) is 16.3. The van der Waals surface area contributed by atoms with Crippen molar-refractivity contribution < 1.29 is 13.2 Å². The number of sulfone groups is 1. The Labute approximate surface area is 148 Å². The molecule has 1 heterocycles. The van der Waals surface area contributed by atoms with Crippen molar-refractivity contribution in [3.05, 3.63) is 60.2 Å². The molecule has 0 aromatic heterocycles. The van der Waals surface area contributed by atoms with Crippen LogP contribution in [-0.2, 0) is 9.84 Å². The maximum atomic E-state index is 13.0. The summed E-state index contributed by atoms with van der Waals surface area (Å²) < 4.78 is 23.6. The monoisotopic (exact) mass is 355 g/mol. The molecule has 0 spiro atoms. The van der Waals surface area contributed by atoms with Gasteiger partial charge in [0.05, 0.1) is 11.5 Å². The summed E-state index contributed by atoms with van der Waals surface area (Å²) in [7, 11) is -3.00. The fourth-order valence-electron chi connectivity index (χ4n) is 3.56. The van der Waals surface area contributed by atoms with E-state index in [4.69, 9.17) is 0 Å². The van der Waals surface area contributed by atoms with Crippen molar-refractivity contribution in [3.8, 4) is 11.1 Å². The molecule has 1 aliphatic carbocycles. The summed E-state index contributed by atoms with van der Waals surface area (Å²) in [5, 5.41) is 0. The van der Waals surface area contributed by atoms with Crippen molar-refractivity contribution in [2.24, 2.45) is 0 Å². The first-order valence-corrected chi connectivity index (χ1v) is 10.5. The highest BCUT2D eigenvalue weighted by Crippen LogP contribution is 2.33. The van der Waals surface area contributed by atoms with E-state index >= 15 is 0 Å². The summed E-state index contributed by atoms with van der Waals surface area (Å²) in [5.74, 6) is 0.266. The second-order valence-corrected chi connectivity index (χ2v) is 9.17. The third-order valence-corrected chi connectivity index (χ3v) is 6.77. The molecule has 4 rings (SSSR count). The van der Waals surface area contributed by atoms with Crippen molar-refractivity contribution in [2.45, 2.75) is 31.3 Å². The van der Waals surface area contributed by atoms with Crippen molar-refractivity contribution in [3.63, 3.8) is 0 Å². The zero-order chi connectivity index (χ0) is 17.4. The van der Waals surface area contributed by atoms with Crippen molar-refractivity contribution in [1.29, 1.82) is 0 Å². The second-order valence-electron chi connectivity index (χ2n) is 6.94. The van der Waals surface area contributed by atoms with Crippen LogP contribution in [-0.4, -0.2) is 42.8 Å². The zero-order valence-electron chi connectivity index (χ0n) is 14.0. The number of nitrogens with zero attached hydrogens (tertiary/aromatic N) is 1. The number of rotatable bonds is 4. The maximum absolute atomic E-state index is 13.0. The summed E-state index contributed by atoms with van der Waals surface area (Å²) in [6, 6.07) is 17.7. The molecule has 1 saturated carbocycles. The summed E-state index contributed by atoms with van der Waals surface area (Å²) >= 11 is 0. The van der Waals surface area contributed by atoms with E-state index in [1.165, 1.54) is 0 Å². The van der Waals surface area contributed by atoms with Gasteiger partial charge in [0, 0.05) is 17.6 Å². The highest BCUT2D eigenvalue weighted by Gasteiger charge is 2.42. The molecule has 2 fully saturated rings. The van der Waals surface area contributed by atoms with Gasteiger partial charge < -0.3 is 4.90 Å². The van der Waals surface area contributed by atoms with Crippen LogP contribution in [0.15, 0.2) is 54.6 Å². The van der Waals surface area contributed by atoms with Crippen molar-refractivity contribution in [2.75, 3.05) is 11.5 Å². The average Bonchev–Trinajstić information content (AvgIpc) is 3.39. The molecule has 1 unspecified atom stereocenters. The van der Waals surface area contributed by atoms with Gasteiger partial charge in [0.25, 0.3) is 5.91 Å². The molecule has 2 aliphatic rings. The number of benzene rings is 2. The van der Waals surface area contributed by atoms with Crippen molar-refractivity contribution in [1.82, 2.24) is 4.90 Å². The number of carbonyl (C=O) groups is 1. The van der Waals surface area contributed by atoms with E-state index in [2.05, 4.69) is 0 Å². The summed E-state index contributed by atoms with van der Waals surface area (Å²) in [5.41, 5.74) is 2.82. The largest absolute Gasteiger partial charge is 0.332 e. The minimum absolute atomic E-state index is 0.0378. The van der Waals surface area contributed by atoms with Crippen LogP contribution in [0.3, 0.4) is 0 Å². The van der Waals surface area contributed by atoms with Crippen LogP contribution in [0.4, 0.5) is 0 Å². The lowest BCUT2D eigenvalue weighted by Crippen LogP contribution is -2.42. The van der Waals surface area contributed by atoms with Crippen LogP contribution in [0.2, 0.25) is 0 Å². The van der Waals surface area contributed by atoms with E-state index in [-0.39, 0.29) is 29.5 Å². The maximum Gasteiger partial charge on any atom is 0.254 e. The van der Waals surface area contributed by atoms with Gasteiger partial charge in [-0.15, -0.1) is 0 Å². The quantitative estimate of drug-likeness (QED) is 0.847. The second kappa shape index (κ2) is 6.30. The fourth-order valence-corrected chi connectivity index (χ4v) is 5.27. The molecule has 0 radical (unpaired) electrons. The first-order valence-electron chi connectivity index (χ1n) is 8.72. The lowest BCUT2D eigenvalue weighted by atomic mass is 10.0. The van der Waals surface area contributed by atoms with E-state index in [9.17, 15) is 13.2 Å². The molecule has 1 amide bonds. The van der Waals surface area contributed by atoms with Gasteiger partial charge in [0.1, 0.15) is 0 Å². The Balaban J connectivity index is 1.57. The Hall–Kier alpha value is -2.14. The molecule has 1 aliphatic heterocycles. The minimum Gasteiger partial charge on any atom is -0.332 e. The van der Waals surface area contributed by atoms with Gasteiger partial charge in [-0.2, -0.15) is 0 Å². The lowest BCUT2D eigenvalue weighted by Gasteiger charge is -2.28. The van der Waals surface area contributed by atoms with Crippen LogP contribution in [0, 0.1) is 0 Å². The molecule has 1 atom stereocenters. The van der Waals surface area contributed by atoms with Gasteiger partial charge in [0.15, 0.2) is 9.84 Å². The van der Waals surface area contributed by atoms with Gasteiger partial charge in [-0.05, 0) is 42.5 Å². The molecule has 2 aromatic carbocycles. The fraction of sp³-hybridized carbons (Fsp3) is 0.350.